The van der Waals surface area contributed by atoms with E-state index in [4.69, 9.17) is 0 Å². The molecule has 0 heterocycles. The molecule has 96 valence electrons. The molecule has 0 saturated carbocycles. The van der Waals surface area contributed by atoms with Gasteiger partial charge in [-0.1, -0.05) is 18.2 Å². The number of rotatable bonds is 5. The van der Waals surface area contributed by atoms with Gasteiger partial charge < -0.3 is 4.55 Å². The lowest BCUT2D eigenvalue weighted by Crippen LogP contribution is -2.39. The summed E-state index contributed by atoms with van der Waals surface area (Å²) in [7, 11) is 0. The molecule has 4 heteroatoms. The van der Waals surface area contributed by atoms with Crippen LogP contribution < -0.4 is 4.72 Å². The summed E-state index contributed by atoms with van der Waals surface area (Å²) in [4.78, 5) is 0. The van der Waals surface area contributed by atoms with Crippen LogP contribution in [0.5, 0.6) is 0 Å². The van der Waals surface area contributed by atoms with E-state index >= 15 is 0 Å². The lowest BCUT2D eigenvalue weighted by Gasteiger charge is -2.23. The van der Waals surface area contributed by atoms with E-state index in [0.29, 0.717) is 13.0 Å². The second kappa shape index (κ2) is 6.38. The summed E-state index contributed by atoms with van der Waals surface area (Å²) in [5.41, 5.74) is 0.718. The molecule has 1 rings (SSSR count). The van der Waals surface area contributed by atoms with Crippen molar-refractivity contribution >= 4 is 11.4 Å². The summed E-state index contributed by atoms with van der Waals surface area (Å²) < 4.78 is 27.7. The van der Waals surface area contributed by atoms with Gasteiger partial charge in [-0.15, -0.1) is 4.72 Å². The van der Waals surface area contributed by atoms with Crippen LogP contribution in [-0.2, 0) is 17.8 Å². The van der Waals surface area contributed by atoms with Crippen LogP contribution in [0.4, 0.5) is 4.39 Å². The van der Waals surface area contributed by atoms with E-state index < -0.39 is 11.4 Å². The van der Waals surface area contributed by atoms with Crippen molar-refractivity contribution in [3.05, 3.63) is 35.6 Å². The first kappa shape index (κ1) is 14.5. The molecule has 17 heavy (non-hydrogen) atoms. The van der Waals surface area contributed by atoms with Gasteiger partial charge in [0.25, 0.3) is 0 Å². The Kier molecular flexibility index (Phi) is 5.43. The molecule has 0 fully saturated rings. The Labute approximate surface area is 106 Å². The van der Waals surface area contributed by atoms with Crippen molar-refractivity contribution in [1.82, 2.24) is 4.72 Å². The topological polar surface area (TPSA) is 35.1 Å². The van der Waals surface area contributed by atoms with Crippen molar-refractivity contribution < 1.29 is 8.94 Å². The van der Waals surface area contributed by atoms with E-state index in [0.717, 1.165) is 12.0 Å². The number of halogens is 1. The van der Waals surface area contributed by atoms with E-state index in [1.165, 1.54) is 6.07 Å². The minimum Gasteiger partial charge on any atom is -0.598 e. The van der Waals surface area contributed by atoms with Gasteiger partial charge in [0.2, 0.25) is 0 Å². The monoisotopic (exact) mass is 257 g/mol. The van der Waals surface area contributed by atoms with Crippen molar-refractivity contribution in [1.29, 1.82) is 0 Å². The fraction of sp³-hybridized carbons (Fsp3) is 0.538. The summed E-state index contributed by atoms with van der Waals surface area (Å²) in [6, 6.07) is 6.77. The third-order valence-electron chi connectivity index (χ3n) is 2.37. The number of benzene rings is 1. The quantitative estimate of drug-likeness (QED) is 0.650. The Morgan fingerprint density at radius 2 is 1.94 bits per heavy atom. The molecule has 0 aliphatic carbocycles. The van der Waals surface area contributed by atoms with Crippen LogP contribution in [0.1, 0.15) is 32.8 Å². The van der Waals surface area contributed by atoms with Crippen molar-refractivity contribution in [2.24, 2.45) is 0 Å². The van der Waals surface area contributed by atoms with Crippen molar-refractivity contribution in [3.63, 3.8) is 0 Å². The highest BCUT2D eigenvalue weighted by atomic mass is 32.2. The van der Waals surface area contributed by atoms with Gasteiger partial charge in [0.1, 0.15) is 10.6 Å². The minimum absolute atomic E-state index is 0.163. The fourth-order valence-corrected chi connectivity index (χ4v) is 2.12. The SMILES string of the molecule is CC(C)(C)[S+]([O-])NCCCc1ccccc1F. The van der Waals surface area contributed by atoms with Gasteiger partial charge in [0.15, 0.2) is 0 Å². The van der Waals surface area contributed by atoms with E-state index in [-0.39, 0.29) is 10.6 Å². The van der Waals surface area contributed by atoms with Gasteiger partial charge in [0, 0.05) is 17.9 Å². The first-order chi connectivity index (χ1) is 7.91. The summed E-state index contributed by atoms with van der Waals surface area (Å²) in [5.74, 6) is -0.163. The third-order valence-corrected chi connectivity index (χ3v) is 3.95. The summed E-state index contributed by atoms with van der Waals surface area (Å²) in [6.45, 7) is 6.41. The van der Waals surface area contributed by atoms with Gasteiger partial charge in [-0.3, -0.25) is 0 Å². The zero-order valence-electron chi connectivity index (χ0n) is 10.6. The molecule has 1 aromatic rings. The Balaban J connectivity index is 2.28. The maximum Gasteiger partial charge on any atom is 0.136 e. The van der Waals surface area contributed by atoms with Crippen LogP contribution in [0.25, 0.3) is 0 Å². The van der Waals surface area contributed by atoms with Gasteiger partial charge in [-0.2, -0.15) is 0 Å². The molecule has 0 radical (unpaired) electrons. The third kappa shape index (κ3) is 5.06. The zero-order valence-corrected chi connectivity index (χ0v) is 11.4. The Bertz CT molecular complexity index is 352. The second-order valence-electron chi connectivity index (χ2n) is 4.97. The molecule has 0 bridgehead atoms. The molecule has 1 N–H and O–H groups in total. The van der Waals surface area contributed by atoms with E-state index in [1.54, 1.807) is 12.1 Å². The maximum atomic E-state index is 13.3. The molecule has 2 nitrogen and oxygen atoms in total. The first-order valence-electron chi connectivity index (χ1n) is 5.80. The highest BCUT2D eigenvalue weighted by Gasteiger charge is 2.25. The molecule has 0 amide bonds. The molecule has 1 atom stereocenters. The number of hydrogen-bond donors (Lipinski definition) is 1. The molecule has 1 aromatic carbocycles. The van der Waals surface area contributed by atoms with Crippen LogP contribution in [0.2, 0.25) is 0 Å². The zero-order chi connectivity index (χ0) is 12.9. The Morgan fingerprint density at radius 3 is 2.53 bits per heavy atom. The Hall–Kier alpha value is -0.580. The lowest BCUT2D eigenvalue weighted by atomic mass is 10.1. The van der Waals surface area contributed by atoms with Crippen LogP contribution in [0.15, 0.2) is 24.3 Å². The second-order valence-corrected chi connectivity index (χ2v) is 7.02. The van der Waals surface area contributed by atoms with E-state index in [2.05, 4.69) is 4.72 Å². The van der Waals surface area contributed by atoms with Gasteiger partial charge >= 0.3 is 0 Å². The van der Waals surface area contributed by atoms with Crippen molar-refractivity contribution in [2.45, 2.75) is 38.4 Å². The highest BCUT2D eigenvalue weighted by Crippen LogP contribution is 2.13. The Morgan fingerprint density at radius 1 is 1.29 bits per heavy atom. The summed E-state index contributed by atoms with van der Waals surface area (Å²) >= 11 is -1.04. The molecule has 0 aliphatic heterocycles. The van der Waals surface area contributed by atoms with Gasteiger partial charge in [-0.05, 0) is 45.2 Å². The van der Waals surface area contributed by atoms with Gasteiger partial charge in [-0.25, -0.2) is 4.39 Å². The molecular weight excluding hydrogens is 237 g/mol. The van der Waals surface area contributed by atoms with E-state index in [1.807, 2.05) is 26.8 Å². The highest BCUT2D eigenvalue weighted by molar-refractivity contribution is 7.90. The lowest BCUT2D eigenvalue weighted by molar-refractivity contribution is 0.541. The van der Waals surface area contributed by atoms with Crippen molar-refractivity contribution in [3.8, 4) is 0 Å². The van der Waals surface area contributed by atoms with Crippen LogP contribution in [0, 0.1) is 5.82 Å². The van der Waals surface area contributed by atoms with E-state index in [9.17, 15) is 8.94 Å². The average molecular weight is 257 g/mol. The number of nitrogens with one attached hydrogen (secondary N) is 1. The van der Waals surface area contributed by atoms with Crippen LogP contribution >= 0.6 is 0 Å². The predicted molar refractivity (Wildman–Crippen MR) is 70.6 cm³/mol. The number of aryl methyl sites for hydroxylation is 1. The molecule has 0 saturated heterocycles. The molecule has 0 aliphatic rings. The minimum atomic E-state index is -1.04. The molecule has 0 aromatic heterocycles. The molecular formula is C13H20FNOS. The summed E-state index contributed by atoms with van der Waals surface area (Å²) in [5, 5.41) is 0. The fourth-order valence-electron chi connectivity index (χ4n) is 1.36. The largest absolute Gasteiger partial charge is 0.598 e. The average Bonchev–Trinajstić information content (AvgIpc) is 2.25. The number of hydrogen-bond acceptors (Lipinski definition) is 2. The van der Waals surface area contributed by atoms with Gasteiger partial charge in [0.05, 0.1) is 0 Å². The maximum absolute atomic E-state index is 13.3. The standard InChI is InChI=1S/C13H20FNOS/c1-13(2,3)17(16)15-10-6-8-11-7-4-5-9-12(11)14/h4-5,7,9,15H,6,8,10H2,1-3H3. The van der Waals surface area contributed by atoms with Crippen LogP contribution in [-0.4, -0.2) is 15.8 Å². The first-order valence-corrected chi connectivity index (χ1v) is 6.95. The smallest absolute Gasteiger partial charge is 0.136 e. The normalized spacial score (nSPS) is 13.7. The van der Waals surface area contributed by atoms with Crippen molar-refractivity contribution in [2.75, 3.05) is 6.54 Å². The molecule has 1 unspecified atom stereocenters. The molecule has 0 spiro atoms. The van der Waals surface area contributed by atoms with Crippen LogP contribution in [0.3, 0.4) is 0 Å². The summed E-state index contributed by atoms with van der Waals surface area (Å²) in [6.07, 6.45) is 1.45. The predicted octanol–water partition coefficient (Wildman–Crippen LogP) is 2.81.